The number of ether oxygens (including phenoxy) is 3. The normalized spacial score (nSPS) is 22.6. The van der Waals surface area contributed by atoms with Crippen molar-refractivity contribution in [3.8, 4) is 0 Å². The minimum atomic E-state index is -1.42. The number of nitrogens with zero attached hydrogens (tertiary/aromatic N) is 2. The number of benzene rings is 1. The Hall–Kier alpha value is -2.10. The Morgan fingerprint density at radius 2 is 1.97 bits per heavy atom. The van der Waals surface area contributed by atoms with Crippen molar-refractivity contribution in [2.75, 3.05) is 25.1 Å². The zero-order valence-electron chi connectivity index (χ0n) is 17.0. The number of aliphatic hydroxyl groups excluding tert-OH is 3. The van der Waals surface area contributed by atoms with Gasteiger partial charge in [-0.15, -0.1) is 0 Å². The Balaban J connectivity index is 1.47. The molecule has 0 bridgehead atoms. The van der Waals surface area contributed by atoms with Crippen LogP contribution in [-0.4, -0.2) is 69.1 Å². The van der Waals surface area contributed by atoms with Crippen LogP contribution in [-0.2, 0) is 20.8 Å². The number of halogens is 1. The van der Waals surface area contributed by atoms with Crippen molar-refractivity contribution in [2.24, 2.45) is 0 Å². The summed E-state index contributed by atoms with van der Waals surface area (Å²) in [6, 6.07) is 9.70. The molecule has 11 nitrogen and oxygen atoms in total. The third-order valence-electron chi connectivity index (χ3n) is 4.70. The molecule has 4 N–H and O–H groups in total. The fourth-order valence-corrected chi connectivity index (χ4v) is 3.60. The van der Waals surface area contributed by atoms with Crippen LogP contribution in [0.5, 0.6) is 0 Å². The average molecular weight is 561 g/mol. The van der Waals surface area contributed by atoms with Crippen molar-refractivity contribution in [3.63, 3.8) is 0 Å². The number of rotatable bonds is 9. The van der Waals surface area contributed by atoms with Gasteiger partial charge >= 0.3 is 11.8 Å². The van der Waals surface area contributed by atoms with Crippen LogP contribution >= 0.6 is 22.6 Å². The van der Waals surface area contributed by atoms with E-state index < -0.39 is 42.9 Å². The lowest BCUT2D eigenvalue weighted by Gasteiger charge is -2.18. The van der Waals surface area contributed by atoms with Gasteiger partial charge in [-0.05, 0) is 28.2 Å². The van der Waals surface area contributed by atoms with Gasteiger partial charge < -0.3 is 29.5 Å². The molecule has 1 saturated heterocycles. The minimum Gasteiger partial charge on any atom is -0.449 e. The third-order valence-corrected chi connectivity index (χ3v) is 5.49. The summed E-state index contributed by atoms with van der Waals surface area (Å²) in [5, 5.41) is 31.5. The number of aliphatic hydroxyl groups is 3. The number of hydrogen-bond acceptors (Lipinski definition) is 9. The maximum Gasteiger partial charge on any atom is 0.412 e. The molecule has 1 aromatic heterocycles. The summed E-state index contributed by atoms with van der Waals surface area (Å²) >= 11 is 1.85. The minimum absolute atomic E-state index is 0.0103. The molecule has 3 rings (SSSR count). The van der Waals surface area contributed by atoms with Gasteiger partial charge in [-0.3, -0.25) is 9.88 Å². The second-order valence-corrected chi connectivity index (χ2v) is 8.17. The van der Waals surface area contributed by atoms with Gasteiger partial charge in [-0.25, -0.2) is 9.59 Å². The van der Waals surface area contributed by atoms with Crippen molar-refractivity contribution in [1.82, 2.24) is 9.55 Å². The Labute approximate surface area is 197 Å². The summed E-state index contributed by atoms with van der Waals surface area (Å²) in [4.78, 5) is 28.1. The largest absolute Gasteiger partial charge is 0.449 e. The van der Waals surface area contributed by atoms with Crippen molar-refractivity contribution >= 4 is 34.5 Å². The van der Waals surface area contributed by atoms with Crippen LogP contribution in [0.4, 0.5) is 10.6 Å². The van der Waals surface area contributed by atoms with E-state index in [1.165, 1.54) is 6.20 Å². The summed E-state index contributed by atoms with van der Waals surface area (Å²) in [6.07, 6.45) is -3.96. The highest BCUT2D eigenvalue weighted by Crippen LogP contribution is 2.29. The molecule has 1 aromatic carbocycles. The van der Waals surface area contributed by atoms with Crippen molar-refractivity contribution in [1.29, 1.82) is 0 Å². The predicted molar refractivity (Wildman–Crippen MR) is 120 cm³/mol. The topological polar surface area (TPSA) is 152 Å². The smallest absolute Gasteiger partial charge is 0.412 e. The Morgan fingerprint density at radius 3 is 2.66 bits per heavy atom. The number of aromatic nitrogens is 2. The van der Waals surface area contributed by atoms with E-state index in [-0.39, 0.29) is 12.4 Å². The van der Waals surface area contributed by atoms with Crippen LogP contribution in [0, 0.1) is 3.57 Å². The fourth-order valence-electron chi connectivity index (χ4n) is 3.05. The van der Waals surface area contributed by atoms with Gasteiger partial charge in [0.15, 0.2) is 12.0 Å². The Bertz CT molecular complexity index is 958. The van der Waals surface area contributed by atoms with E-state index in [0.29, 0.717) is 23.2 Å². The SMILES string of the molecule is O=C(Nc1nc(=O)n(C2O[C@H](CO)[C@@H](O)[C@H]2O)cc1I)OCCCOCc1ccccc1. The van der Waals surface area contributed by atoms with Crippen molar-refractivity contribution in [2.45, 2.75) is 37.6 Å². The predicted octanol–water partition coefficient (Wildman–Crippen LogP) is 0.615. The standard InChI is InChI=1S/C20H24IN3O8/c21-13-9-24(18-16(27)15(26)14(10-25)32-18)19(28)22-17(13)23-20(29)31-8-4-7-30-11-12-5-2-1-3-6-12/h1-3,5-6,9,14-16,18,25-27H,4,7-8,10-11H2,(H,22,23,28,29)/t14-,15-,16-,18?/m1/s1. The van der Waals surface area contributed by atoms with Crippen LogP contribution in [0.2, 0.25) is 0 Å². The molecule has 2 heterocycles. The summed E-state index contributed by atoms with van der Waals surface area (Å²) in [5.41, 5.74) is 0.239. The quantitative estimate of drug-likeness (QED) is 0.255. The maximum atomic E-state index is 12.4. The lowest BCUT2D eigenvalue weighted by molar-refractivity contribution is -0.0550. The van der Waals surface area contributed by atoms with E-state index in [0.717, 1.165) is 10.1 Å². The van der Waals surface area contributed by atoms with E-state index >= 15 is 0 Å². The lowest BCUT2D eigenvalue weighted by Crippen LogP contribution is -2.36. The van der Waals surface area contributed by atoms with Gasteiger partial charge in [0.1, 0.15) is 18.3 Å². The molecule has 1 aliphatic heterocycles. The monoisotopic (exact) mass is 561 g/mol. The van der Waals surface area contributed by atoms with Crippen LogP contribution < -0.4 is 11.0 Å². The second-order valence-electron chi connectivity index (χ2n) is 7.01. The molecule has 32 heavy (non-hydrogen) atoms. The maximum absolute atomic E-state index is 12.4. The number of carbonyl (C=O) groups excluding carboxylic acids is 1. The number of hydrogen-bond donors (Lipinski definition) is 4. The Kier molecular flexibility index (Phi) is 8.95. The molecule has 0 saturated carbocycles. The first-order valence-corrected chi connectivity index (χ1v) is 10.9. The summed E-state index contributed by atoms with van der Waals surface area (Å²) in [6.45, 7) is 0.493. The van der Waals surface area contributed by atoms with Gasteiger partial charge in [0.25, 0.3) is 0 Å². The first kappa shape index (κ1) is 24.5. The third kappa shape index (κ3) is 6.24. The van der Waals surface area contributed by atoms with E-state index in [1.807, 2.05) is 52.9 Å². The van der Waals surface area contributed by atoms with Crippen LogP contribution in [0.25, 0.3) is 0 Å². The van der Waals surface area contributed by atoms with Crippen LogP contribution in [0.3, 0.4) is 0 Å². The zero-order valence-corrected chi connectivity index (χ0v) is 19.1. The van der Waals surface area contributed by atoms with Gasteiger partial charge in [-0.1, -0.05) is 30.3 Å². The number of anilines is 1. The summed E-state index contributed by atoms with van der Waals surface area (Å²) in [5.74, 6) is -0.0103. The highest BCUT2D eigenvalue weighted by molar-refractivity contribution is 14.1. The Morgan fingerprint density at radius 1 is 1.22 bits per heavy atom. The molecule has 0 radical (unpaired) electrons. The molecule has 0 aliphatic carbocycles. The molecule has 4 atom stereocenters. The molecular weight excluding hydrogens is 537 g/mol. The molecule has 1 unspecified atom stereocenters. The second kappa shape index (κ2) is 11.7. The first-order valence-electron chi connectivity index (χ1n) is 9.87. The highest BCUT2D eigenvalue weighted by Gasteiger charge is 2.43. The molecule has 2 aromatic rings. The van der Waals surface area contributed by atoms with Crippen LogP contribution in [0.15, 0.2) is 41.3 Å². The molecule has 174 valence electrons. The molecule has 1 amide bonds. The number of amides is 1. The highest BCUT2D eigenvalue weighted by atomic mass is 127. The van der Waals surface area contributed by atoms with Gasteiger partial charge in [0.05, 0.1) is 30.0 Å². The zero-order chi connectivity index (χ0) is 23.1. The average Bonchev–Trinajstić information content (AvgIpc) is 3.07. The van der Waals surface area contributed by atoms with E-state index in [9.17, 15) is 24.9 Å². The van der Waals surface area contributed by atoms with Gasteiger partial charge in [0.2, 0.25) is 0 Å². The van der Waals surface area contributed by atoms with E-state index in [2.05, 4.69) is 10.3 Å². The van der Waals surface area contributed by atoms with Crippen molar-refractivity contribution in [3.05, 3.63) is 56.1 Å². The number of nitrogens with one attached hydrogen (secondary N) is 1. The fraction of sp³-hybridized carbons (Fsp3) is 0.450. The lowest BCUT2D eigenvalue weighted by atomic mass is 10.1. The first-order chi connectivity index (χ1) is 15.4. The molecule has 1 aliphatic rings. The molecule has 0 spiro atoms. The van der Waals surface area contributed by atoms with Crippen LogP contribution in [0.1, 0.15) is 18.2 Å². The van der Waals surface area contributed by atoms with E-state index in [4.69, 9.17) is 14.2 Å². The van der Waals surface area contributed by atoms with Gasteiger partial charge in [0, 0.05) is 12.6 Å². The molecule has 1 fully saturated rings. The van der Waals surface area contributed by atoms with E-state index in [1.54, 1.807) is 0 Å². The van der Waals surface area contributed by atoms with Crippen molar-refractivity contribution < 1.29 is 34.3 Å². The summed E-state index contributed by atoms with van der Waals surface area (Å²) in [7, 11) is 0. The van der Waals surface area contributed by atoms with Gasteiger partial charge in [-0.2, -0.15) is 4.98 Å². The molecular formula is C20H24IN3O8. The molecule has 12 heteroatoms. The summed E-state index contributed by atoms with van der Waals surface area (Å²) < 4.78 is 17.3. The number of carbonyl (C=O) groups is 1.